The van der Waals surface area contributed by atoms with Crippen LogP contribution < -0.4 is 10.0 Å². The van der Waals surface area contributed by atoms with Crippen LogP contribution in [0.2, 0.25) is 0 Å². The van der Waals surface area contributed by atoms with Crippen molar-refractivity contribution in [3.05, 3.63) is 29.8 Å². The summed E-state index contributed by atoms with van der Waals surface area (Å²) >= 11 is 0. The van der Waals surface area contributed by atoms with Crippen LogP contribution in [0.3, 0.4) is 0 Å². The Kier molecular flexibility index (Phi) is 6.47. The SMILES string of the molecule is CC(C)[C@H](N=C1NS(=O)(=O)c2ccccc21)C(=O)NCCOCC(F)(F)F. The van der Waals surface area contributed by atoms with Gasteiger partial charge in [0.1, 0.15) is 18.5 Å². The van der Waals surface area contributed by atoms with E-state index in [1.807, 2.05) is 0 Å². The number of rotatable bonds is 7. The second kappa shape index (κ2) is 8.26. The molecule has 0 bridgehead atoms. The molecular weight excluding hydrogens is 387 g/mol. The van der Waals surface area contributed by atoms with E-state index >= 15 is 0 Å². The molecule has 0 aromatic heterocycles. The number of carbonyl (C=O) groups excluding carboxylic acids is 1. The average Bonchev–Trinajstić information content (AvgIpc) is 2.82. The molecule has 0 saturated heterocycles. The number of ether oxygens (including phenoxy) is 1. The highest BCUT2D eigenvalue weighted by Gasteiger charge is 2.32. The van der Waals surface area contributed by atoms with Crippen LogP contribution in [0.1, 0.15) is 19.4 Å². The van der Waals surface area contributed by atoms with Gasteiger partial charge in [0.15, 0.2) is 0 Å². The van der Waals surface area contributed by atoms with Gasteiger partial charge in [-0.15, -0.1) is 0 Å². The van der Waals surface area contributed by atoms with Gasteiger partial charge in [0.25, 0.3) is 10.0 Å². The summed E-state index contributed by atoms with van der Waals surface area (Å²) in [6.07, 6.45) is -4.43. The molecular formula is C16H20F3N3O4S. The van der Waals surface area contributed by atoms with Gasteiger partial charge < -0.3 is 10.1 Å². The molecule has 150 valence electrons. The van der Waals surface area contributed by atoms with Gasteiger partial charge in [0.05, 0.1) is 11.5 Å². The molecule has 1 aromatic carbocycles. The van der Waals surface area contributed by atoms with Crippen LogP contribution in [-0.2, 0) is 19.6 Å². The number of fused-ring (bicyclic) bond motifs is 1. The van der Waals surface area contributed by atoms with Crippen molar-refractivity contribution in [1.82, 2.24) is 10.0 Å². The topological polar surface area (TPSA) is 96.9 Å². The second-order valence-corrected chi connectivity index (χ2v) is 7.88. The van der Waals surface area contributed by atoms with E-state index in [1.165, 1.54) is 6.07 Å². The van der Waals surface area contributed by atoms with Crippen LogP contribution in [0, 0.1) is 5.92 Å². The van der Waals surface area contributed by atoms with Crippen molar-refractivity contribution < 1.29 is 31.1 Å². The zero-order valence-electron chi connectivity index (χ0n) is 14.7. The Labute approximate surface area is 155 Å². The van der Waals surface area contributed by atoms with Crippen LogP contribution in [0.4, 0.5) is 13.2 Å². The van der Waals surface area contributed by atoms with Crippen molar-refractivity contribution in [2.24, 2.45) is 10.9 Å². The summed E-state index contributed by atoms with van der Waals surface area (Å²) in [6.45, 7) is 1.64. The Morgan fingerprint density at radius 2 is 1.96 bits per heavy atom. The average molecular weight is 407 g/mol. The van der Waals surface area contributed by atoms with Crippen LogP contribution in [0.5, 0.6) is 0 Å². The van der Waals surface area contributed by atoms with Crippen LogP contribution >= 0.6 is 0 Å². The van der Waals surface area contributed by atoms with Crippen LogP contribution in [0.15, 0.2) is 34.2 Å². The molecule has 7 nitrogen and oxygen atoms in total. The second-order valence-electron chi connectivity index (χ2n) is 6.23. The molecule has 1 aliphatic heterocycles. The number of nitrogens with zero attached hydrogens (tertiary/aromatic N) is 1. The number of benzene rings is 1. The summed E-state index contributed by atoms with van der Waals surface area (Å²) in [5.41, 5.74) is 0.365. The maximum absolute atomic E-state index is 12.3. The monoisotopic (exact) mass is 407 g/mol. The first-order chi connectivity index (χ1) is 12.5. The molecule has 1 aliphatic rings. The van der Waals surface area contributed by atoms with Crippen molar-refractivity contribution >= 4 is 21.8 Å². The Balaban J connectivity index is 2.06. The van der Waals surface area contributed by atoms with Crippen LogP contribution in [0.25, 0.3) is 0 Å². The predicted molar refractivity (Wildman–Crippen MR) is 91.8 cm³/mol. The number of halogens is 3. The fourth-order valence-corrected chi connectivity index (χ4v) is 3.66. The zero-order chi connectivity index (χ0) is 20.2. The molecule has 0 saturated carbocycles. The van der Waals surface area contributed by atoms with Gasteiger partial charge in [-0.1, -0.05) is 26.0 Å². The van der Waals surface area contributed by atoms with Gasteiger partial charge in [0, 0.05) is 12.1 Å². The lowest BCUT2D eigenvalue weighted by Gasteiger charge is -2.17. The Morgan fingerprint density at radius 3 is 2.59 bits per heavy atom. The standard InChI is InChI=1S/C16H20F3N3O4S/c1-10(2)13(15(23)20-7-8-26-9-16(17,18)19)21-14-11-5-3-4-6-12(11)27(24,25)22-14/h3-6,10,13H,7-9H2,1-2H3,(H,20,23)(H,21,22)/t13-/m0/s1. The third-order valence-electron chi connectivity index (χ3n) is 3.64. The van der Waals surface area contributed by atoms with E-state index in [0.717, 1.165) is 0 Å². The smallest absolute Gasteiger partial charge is 0.370 e. The Bertz CT molecular complexity index is 822. The van der Waals surface area contributed by atoms with Crippen molar-refractivity contribution in [2.75, 3.05) is 19.8 Å². The fraction of sp³-hybridized carbons (Fsp3) is 0.500. The number of nitrogens with one attached hydrogen (secondary N) is 2. The highest BCUT2D eigenvalue weighted by Crippen LogP contribution is 2.23. The number of alkyl halides is 3. The Morgan fingerprint density at radius 1 is 1.30 bits per heavy atom. The van der Waals surface area contributed by atoms with Gasteiger partial charge in [-0.05, 0) is 18.1 Å². The minimum Gasteiger partial charge on any atom is -0.370 e. The van der Waals surface area contributed by atoms with Crippen molar-refractivity contribution in [2.45, 2.75) is 31.0 Å². The number of carbonyl (C=O) groups is 1. The summed E-state index contributed by atoms with van der Waals surface area (Å²) in [5, 5.41) is 2.45. The maximum atomic E-state index is 12.3. The molecule has 2 rings (SSSR count). The lowest BCUT2D eigenvalue weighted by molar-refractivity contribution is -0.173. The number of sulfonamides is 1. The van der Waals surface area contributed by atoms with E-state index in [2.05, 4.69) is 19.8 Å². The van der Waals surface area contributed by atoms with E-state index < -0.39 is 34.8 Å². The highest BCUT2D eigenvalue weighted by atomic mass is 32.2. The molecule has 0 fully saturated rings. The molecule has 2 N–H and O–H groups in total. The summed E-state index contributed by atoms with van der Waals surface area (Å²) in [7, 11) is -3.73. The first-order valence-electron chi connectivity index (χ1n) is 8.13. The van der Waals surface area contributed by atoms with E-state index in [4.69, 9.17) is 0 Å². The van der Waals surface area contributed by atoms with Gasteiger partial charge in [-0.25, -0.2) is 8.42 Å². The molecule has 1 atom stereocenters. The summed E-state index contributed by atoms with van der Waals surface area (Å²) in [5.74, 6) is -0.740. The van der Waals surface area contributed by atoms with E-state index in [-0.39, 0.29) is 29.8 Å². The number of hydrogen-bond donors (Lipinski definition) is 2. The summed E-state index contributed by atoms with van der Waals surface area (Å²) < 4.78 is 67.0. The predicted octanol–water partition coefficient (Wildman–Crippen LogP) is 1.44. The van der Waals surface area contributed by atoms with Gasteiger partial charge >= 0.3 is 6.18 Å². The quantitative estimate of drug-likeness (QED) is 0.669. The molecule has 1 aromatic rings. The third-order valence-corrected chi connectivity index (χ3v) is 5.04. The van der Waals surface area contributed by atoms with Crippen LogP contribution in [-0.4, -0.2) is 52.1 Å². The van der Waals surface area contributed by atoms with E-state index in [0.29, 0.717) is 5.56 Å². The molecule has 1 amide bonds. The number of amidine groups is 1. The third kappa shape index (κ3) is 5.67. The van der Waals surface area contributed by atoms with E-state index in [1.54, 1.807) is 32.0 Å². The zero-order valence-corrected chi connectivity index (χ0v) is 15.5. The largest absolute Gasteiger partial charge is 0.411 e. The molecule has 0 radical (unpaired) electrons. The molecule has 0 spiro atoms. The first kappa shape index (κ1) is 21.2. The first-order valence-corrected chi connectivity index (χ1v) is 9.62. The minimum absolute atomic E-state index is 0.0628. The fourth-order valence-electron chi connectivity index (χ4n) is 2.42. The Hall–Kier alpha value is -2.14. The lowest BCUT2D eigenvalue weighted by atomic mass is 10.0. The molecule has 0 aliphatic carbocycles. The summed E-state index contributed by atoms with van der Waals surface area (Å²) in [6, 6.07) is 5.32. The van der Waals surface area contributed by atoms with Gasteiger partial charge in [0.2, 0.25) is 5.91 Å². The van der Waals surface area contributed by atoms with Gasteiger partial charge in [-0.3, -0.25) is 14.5 Å². The molecule has 0 unspecified atom stereocenters. The van der Waals surface area contributed by atoms with E-state index in [9.17, 15) is 26.4 Å². The maximum Gasteiger partial charge on any atom is 0.411 e. The van der Waals surface area contributed by atoms with Crippen molar-refractivity contribution in [3.63, 3.8) is 0 Å². The molecule has 1 heterocycles. The molecule has 27 heavy (non-hydrogen) atoms. The van der Waals surface area contributed by atoms with Crippen molar-refractivity contribution in [3.8, 4) is 0 Å². The normalized spacial score (nSPS) is 18.2. The molecule has 11 heteroatoms. The number of amides is 1. The lowest BCUT2D eigenvalue weighted by Crippen LogP contribution is -2.40. The van der Waals surface area contributed by atoms with Crippen molar-refractivity contribution in [1.29, 1.82) is 0 Å². The minimum atomic E-state index is -4.43. The highest BCUT2D eigenvalue weighted by molar-refractivity contribution is 7.90. The summed E-state index contributed by atoms with van der Waals surface area (Å²) in [4.78, 5) is 16.7. The number of hydrogen-bond acceptors (Lipinski definition) is 5. The van der Waals surface area contributed by atoms with Gasteiger partial charge in [-0.2, -0.15) is 13.2 Å². The number of aliphatic imine (C=N–C) groups is 1.